The second-order valence-electron chi connectivity index (χ2n) is 8.79. The Morgan fingerprint density at radius 2 is 2.15 bits per heavy atom. The third kappa shape index (κ3) is 5.72. The van der Waals surface area contributed by atoms with Gasteiger partial charge in [0.15, 0.2) is 21.4 Å². The summed E-state index contributed by atoms with van der Waals surface area (Å²) in [5.74, 6) is -3.33. The Labute approximate surface area is 248 Å². The van der Waals surface area contributed by atoms with Gasteiger partial charge in [-0.2, -0.15) is 4.57 Å². The summed E-state index contributed by atoms with van der Waals surface area (Å²) in [6, 6.07) is 2.76. The van der Waals surface area contributed by atoms with Crippen LogP contribution >= 0.6 is 46.2 Å². The number of nitrogens with zero attached hydrogens (tertiary/aromatic N) is 5. The highest BCUT2D eigenvalue weighted by molar-refractivity contribution is 8.02. The SMILES string of the molecule is C[C@H](O/N=C(\C(=O)NC1C(=O)N2C(C(=O)O)=C(CSc3nc4ccc[n+](C)c4s3)CS[C@@H]12)c1csc(N)n1)C(=O)O. The van der Waals surface area contributed by atoms with Gasteiger partial charge >= 0.3 is 11.9 Å². The van der Waals surface area contributed by atoms with Crippen LogP contribution in [0.2, 0.25) is 0 Å². The maximum atomic E-state index is 13.1. The summed E-state index contributed by atoms with van der Waals surface area (Å²) in [6.45, 7) is 1.23. The van der Waals surface area contributed by atoms with E-state index in [0.717, 1.165) is 26.0 Å². The molecule has 3 atom stereocenters. The van der Waals surface area contributed by atoms with Gasteiger partial charge < -0.3 is 26.1 Å². The monoisotopic (exact) mass is 636 g/mol. The first-order valence-electron chi connectivity index (χ1n) is 11.8. The summed E-state index contributed by atoms with van der Waals surface area (Å²) >= 11 is 5.26. The maximum absolute atomic E-state index is 13.1. The van der Waals surface area contributed by atoms with Crippen molar-refractivity contribution in [2.45, 2.75) is 28.8 Å². The number of amides is 2. The molecule has 0 saturated carbocycles. The fraction of sp³-hybridized carbons (Fsp3) is 0.304. The van der Waals surface area contributed by atoms with Crippen molar-refractivity contribution in [1.82, 2.24) is 20.2 Å². The van der Waals surface area contributed by atoms with Crippen LogP contribution in [0.25, 0.3) is 10.3 Å². The summed E-state index contributed by atoms with van der Waals surface area (Å²) < 4.78 is 2.74. The molecule has 0 aromatic carbocycles. The van der Waals surface area contributed by atoms with Gasteiger partial charge in [-0.25, -0.2) is 19.6 Å². The van der Waals surface area contributed by atoms with E-state index in [2.05, 4.69) is 20.4 Å². The molecule has 5 heterocycles. The number of carbonyl (C=O) groups excluding carboxylic acids is 2. The highest BCUT2D eigenvalue weighted by Gasteiger charge is 2.54. The third-order valence-electron chi connectivity index (χ3n) is 6.03. The number of hydrogen-bond donors (Lipinski definition) is 4. The molecule has 3 aromatic heterocycles. The van der Waals surface area contributed by atoms with Gasteiger partial charge in [0.1, 0.15) is 35.4 Å². The lowest BCUT2D eigenvalue weighted by molar-refractivity contribution is -0.642. The van der Waals surface area contributed by atoms with E-state index in [1.807, 2.05) is 29.9 Å². The maximum Gasteiger partial charge on any atom is 0.352 e. The lowest BCUT2D eigenvalue weighted by Crippen LogP contribution is -2.71. The second kappa shape index (κ2) is 11.6. The first-order valence-corrected chi connectivity index (χ1v) is 15.5. The number of oxime groups is 1. The number of thioether (sulfide) groups is 2. The highest BCUT2D eigenvalue weighted by atomic mass is 32.2. The minimum absolute atomic E-state index is 0.0383. The summed E-state index contributed by atoms with van der Waals surface area (Å²) in [6.07, 6.45) is 0.571. The number of aryl methyl sites for hydroxylation is 1. The molecule has 0 radical (unpaired) electrons. The number of thiazole rings is 2. The van der Waals surface area contributed by atoms with Crippen molar-refractivity contribution in [3.05, 3.63) is 40.7 Å². The van der Waals surface area contributed by atoms with Gasteiger partial charge in [-0.05, 0) is 29.9 Å². The molecule has 0 aliphatic carbocycles. The fourth-order valence-electron chi connectivity index (χ4n) is 3.99. The van der Waals surface area contributed by atoms with Crippen LogP contribution in [0.1, 0.15) is 12.6 Å². The Balaban J connectivity index is 1.31. The van der Waals surface area contributed by atoms with Crippen LogP contribution in [0.3, 0.4) is 0 Å². The summed E-state index contributed by atoms with van der Waals surface area (Å²) in [7, 11) is 1.92. The molecule has 3 aromatic rings. The number of nitrogen functional groups attached to an aromatic ring is 1. The van der Waals surface area contributed by atoms with Crippen molar-refractivity contribution in [1.29, 1.82) is 0 Å². The van der Waals surface area contributed by atoms with E-state index in [0.29, 0.717) is 17.1 Å². The molecule has 1 fully saturated rings. The average Bonchev–Trinajstić information content (AvgIpc) is 3.56. The summed E-state index contributed by atoms with van der Waals surface area (Å²) in [5, 5.41) is 26.2. The molecule has 0 spiro atoms. The van der Waals surface area contributed by atoms with Crippen molar-refractivity contribution >= 4 is 91.1 Å². The Bertz CT molecular complexity index is 1630. The van der Waals surface area contributed by atoms with E-state index in [-0.39, 0.29) is 22.2 Å². The number of carbonyl (C=O) groups is 4. The van der Waals surface area contributed by atoms with E-state index in [1.165, 1.54) is 52.1 Å². The molecule has 0 bridgehead atoms. The van der Waals surface area contributed by atoms with Gasteiger partial charge in [-0.3, -0.25) is 14.5 Å². The van der Waals surface area contributed by atoms with Gasteiger partial charge in [-0.1, -0.05) is 16.9 Å². The molecule has 2 aliphatic rings. The molecule has 41 heavy (non-hydrogen) atoms. The number of hydrogen-bond acceptors (Lipinski definition) is 13. The lowest BCUT2D eigenvalue weighted by atomic mass is 10.0. The van der Waals surface area contributed by atoms with Crippen LogP contribution in [0.5, 0.6) is 0 Å². The molecule has 1 saturated heterocycles. The number of nitrogens with one attached hydrogen (secondary N) is 1. The van der Waals surface area contributed by atoms with Crippen LogP contribution in [-0.2, 0) is 31.1 Å². The number of aliphatic carboxylic acids is 2. The Hall–Kier alpha value is -3.74. The van der Waals surface area contributed by atoms with Gasteiger partial charge in [0.25, 0.3) is 16.6 Å². The second-order valence-corrected chi connectivity index (χ2v) is 13.0. The van der Waals surface area contributed by atoms with E-state index in [9.17, 15) is 24.3 Å². The number of rotatable bonds is 10. The topological polar surface area (TPSA) is 201 Å². The molecule has 2 aliphatic heterocycles. The van der Waals surface area contributed by atoms with Crippen LogP contribution in [0.4, 0.5) is 5.13 Å². The molecule has 1 unspecified atom stereocenters. The molecule has 14 nitrogen and oxygen atoms in total. The summed E-state index contributed by atoms with van der Waals surface area (Å²) in [5.41, 5.74) is 6.65. The largest absolute Gasteiger partial charge is 0.478 e. The minimum Gasteiger partial charge on any atom is -0.478 e. The Kier molecular flexibility index (Phi) is 8.16. The van der Waals surface area contributed by atoms with Crippen molar-refractivity contribution in [2.24, 2.45) is 12.2 Å². The van der Waals surface area contributed by atoms with E-state index in [4.69, 9.17) is 15.7 Å². The van der Waals surface area contributed by atoms with Crippen LogP contribution in [0.15, 0.2) is 44.5 Å². The van der Waals surface area contributed by atoms with Crippen molar-refractivity contribution in [3.8, 4) is 0 Å². The molecule has 18 heteroatoms. The number of pyridine rings is 1. The lowest BCUT2D eigenvalue weighted by Gasteiger charge is -2.49. The smallest absolute Gasteiger partial charge is 0.352 e. The predicted molar refractivity (Wildman–Crippen MR) is 152 cm³/mol. The van der Waals surface area contributed by atoms with Crippen molar-refractivity contribution in [2.75, 3.05) is 17.2 Å². The quantitative estimate of drug-likeness (QED) is 0.0806. The molecule has 5 rings (SSSR count). The number of anilines is 1. The molecule has 5 N–H and O–H groups in total. The molecule has 214 valence electrons. The summed E-state index contributed by atoms with van der Waals surface area (Å²) in [4.78, 5) is 65.3. The number of β-lactam (4-membered cyclic amide) rings is 1. The van der Waals surface area contributed by atoms with Gasteiger partial charge in [0, 0.05) is 23.0 Å². The number of fused-ring (bicyclic) bond motifs is 2. The van der Waals surface area contributed by atoms with Crippen molar-refractivity contribution in [3.63, 3.8) is 0 Å². The van der Waals surface area contributed by atoms with E-state index in [1.54, 1.807) is 0 Å². The zero-order valence-electron chi connectivity index (χ0n) is 21.3. The number of carboxylic acids is 2. The Morgan fingerprint density at radius 1 is 1.37 bits per heavy atom. The van der Waals surface area contributed by atoms with E-state index >= 15 is 0 Å². The normalized spacial score (nSPS) is 19.5. The minimum atomic E-state index is -1.35. The average molecular weight is 637 g/mol. The third-order valence-corrected chi connectivity index (χ3v) is 10.4. The predicted octanol–water partition coefficient (Wildman–Crippen LogP) is 0.884. The van der Waals surface area contributed by atoms with Gasteiger partial charge in [0.05, 0.1) is 0 Å². The zero-order chi connectivity index (χ0) is 29.4. The Morgan fingerprint density at radius 3 is 2.80 bits per heavy atom. The van der Waals surface area contributed by atoms with Crippen molar-refractivity contribution < 1.29 is 38.8 Å². The molecule has 2 amide bonds. The van der Waals surface area contributed by atoms with Crippen LogP contribution in [-0.4, -0.2) is 83.6 Å². The first kappa shape index (κ1) is 28.8. The number of nitrogens with two attached hydrogens (primary N) is 1. The van der Waals surface area contributed by atoms with Crippen LogP contribution in [0, 0.1) is 0 Å². The first-order chi connectivity index (χ1) is 19.5. The van der Waals surface area contributed by atoms with Gasteiger partial charge in [0.2, 0.25) is 6.10 Å². The standard InChI is InChI=1S/C23H21N7O7S4/c1-9(20(33)34)37-28-13(12-8-39-22(24)25-12)16(31)27-14-17(32)30-15(21(35)36)10(6-38-19(14)30)7-40-23-26-11-4-3-5-29(2)18(11)41-23/h3-5,8-9,14,19H,6-7H2,1-2H3,(H4-,24,25,27,31,33,34,35,36)/p+1/b28-13-/t9-,14?,19-/m0/s1. The molecular weight excluding hydrogens is 615 g/mol. The highest BCUT2D eigenvalue weighted by Crippen LogP contribution is 2.42. The van der Waals surface area contributed by atoms with Crippen LogP contribution < -0.4 is 15.6 Å². The van der Waals surface area contributed by atoms with Gasteiger partial charge in [-0.15, -0.1) is 23.1 Å². The number of carboxylic acid groups (broad SMARTS) is 2. The zero-order valence-corrected chi connectivity index (χ0v) is 24.6. The fourth-order valence-corrected chi connectivity index (χ4v) is 8.09. The van der Waals surface area contributed by atoms with E-state index < -0.39 is 41.3 Å². The molecular formula is C23H22N7O7S4+. The number of aromatic nitrogens is 3.